The molecule has 8 heteroatoms. The predicted molar refractivity (Wildman–Crippen MR) is 112 cm³/mol. The normalized spacial score (nSPS) is 11.0. The molecule has 0 aliphatic heterocycles. The lowest BCUT2D eigenvalue weighted by atomic mass is 10.3. The number of fused-ring (bicyclic) bond motifs is 1. The van der Waals surface area contributed by atoms with Crippen molar-refractivity contribution in [2.24, 2.45) is 0 Å². The number of para-hydroxylation sites is 1. The fourth-order valence-electron chi connectivity index (χ4n) is 2.65. The third kappa shape index (κ3) is 3.78. The number of rotatable bonds is 6. The van der Waals surface area contributed by atoms with Gasteiger partial charge in [-0.1, -0.05) is 17.4 Å². The number of furan rings is 1. The van der Waals surface area contributed by atoms with Crippen molar-refractivity contribution >= 4 is 59.9 Å². The first-order valence-corrected chi connectivity index (χ1v) is 10.7. The molecule has 1 aromatic carbocycles. The molecule has 0 N–H and O–H groups in total. The molecule has 0 spiro atoms. The van der Waals surface area contributed by atoms with E-state index in [1.54, 1.807) is 11.2 Å². The van der Waals surface area contributed by atoms with Crippen LogP contribution in [0, 0.1) is 0 Å². The summed E-state index contributed by atoms with van der Waals surface area (Å²) in [5.41, 5.74) is 0.768. The van der Waals surface area contributed by atoms with Crippen LogP contribution in [0.15, 0.2) is 56.9 Å². The van der Waals surface area contributed by atoms with Crippen LogP contribution in [0.1, 0.15) is 22.4 Å². The van der Waals surface area contributed by atoms with Crippen LogP contribution in [0.4, 0.5) is 5.13 Å². The fraction of sp³-hybridized carbons (Fsp3) is 0.158. The molecule has 0 aliphatic rings. The van der Waals surface area contributed by atoms with E-state index in [2.05, 4.69) is 15.9 Å². The van der Waals surface area contributed by atoms with Crippen LogP contribution >= 0.6 is 38.6 Å². The van der Waals surface area contributed by atoms with Gasteiger partial charge in [0.2, 0.25) is 0 Å². The van der Waals surface area contributed by atoms with Gasteiger partial charge in [0.1, 0.15) is 17.0 Å². The number of carbonyl (C=O) groups is 1. The summed E-state index contributed by atoms with van der Waals surface area (Å²) >= 11 is 6.28. The van der Waals surface area contributed by atoms with Crippen LogP contribution in [-0.2, 0) is 6.54 Å². The lowest BCUT2D eigenvalue weighted by molar-refractivity contribution is 0.0987. The maximum absolute atomic E-state index is 13.2. The summed E-state index contributed by atoms with van der Waals surface area (Å²) in [5, 5.41) is 0.614. The molecule has 0 bridgehead atoms. The van der Waals surface area contributed by atoms with Crippen LogP contribution < -0.4 is 9.64 Å². The van der Waals surface area contributed by atoms with Crippen LogP contribution in [0.5, 0.6) is 5.75 Å². The molecule has 0 saturated carbocycles. The molecule has 0 saturated heterocycles. The Labute approximate surface area is 172 Å². The van der Waals surface area contributed by atoms with Gasteiger partial charge in [-0.25, -0.2) is 4.98 Å². The van der Waals surface area contributed by atoms with Gasteiger partial charge in [0.05, 0.1) is 32.8 Å². The highest BCUT2D eigenvalue weighted by Crippen LogP contribution is 2.36. The highest BCUT2D eigenvalue weighted by atomic mass is 79.9. The SMILES string of the molecule is CCOc1cccc2sc(N(Cc3ccco3)C(=O)c3ccc(Br)s3)nc12. The molecule has 3 aromatic heterocycles. The summed E-state index contributed by atoms with van der Waals surface area (Å²) in [5.74, 6) is 1.31. The van der Waals surface area contributed by atoms with Gasteiger partial charge in [-0.05, 0) is 59.3 Å². The Kier molecular flexibility index (Phi) is 5.29. The molecular formula is C19H15BrN2O3S2. The molecule has 138 valence electrons. The number of aromatic nitrogens is 1. The number of amides is 1. The zero-order valence-electron chi connectivity index (χ0n) is 14.3. The number of thiazole rings is 1. The van der Waals surface area contributed by atoms with Crippen molar-refractivity contribution in [3.8, 4) is 5.75 Å². The van der Waals surface area contributed by atoms with Crippen molar-refractivity contribution in [2.75, 3.05) is 11.5 Å². The maximum atomic E-state index is 13.2. The van der Waals surface area contributed by atoms with E-state index in [-0.39, 0.29) is 5.91 Å². The van der Waals surface area contributed by atoms with Gasteiger partial charge in [-0.2, -0.15) is 0 Å². The van der Waals surface area contributed by atoms with Gasteiger partial charge >= 0.3 is 0 Å². The highest BCUT2D eigenvalue weighted by Gasteiger charge is 2.24. The van der Waals surface area contributed by atoms with E-state index in [1.165, 1.54) is 22.7 Å². The number of carbonyl (C=O) groups excluding carboxylic acids is 1. The largest absolute Gasteiger partial charge is 0.492 e. The van der Waals surface area contributed by atoms with Gasteiger partial charge < -0.3 is 9.15 Å². The zero-order valence-corrected chi connectivity index (χ0v) is 17.6. The van der Waals surface area contributed by atoms with Crippen LogP contribution in [0.3, 0.4) is 0 Å². The van der Waals surface area contributed by atoms with E-state index in [0.29, 0.717) is 28.9 Å². The first-order chi connectivity index (χ1) is 13.2. The van der Waals surface area contributed by atoms with Crippen LogP contribution in [0.2, 0.25) is 0 Å². The molecule has 4 aromatic rings. The monoisotopic (exact) mass is 462 g/mol. The Morgan fingerprint density at radius 3 is 2.81 bits per heavy atom. The molecule has 27 heavy (non-hydrogen) atoms. The molecular weight excluding hydrogens is 448 g/mol. The zero-order chi connectivity index (χ0) is 18.8. The second-order valence-corrected chi connectivity index (χ2v) is 9.08. The predicted octanol–water partition coefficient (Wildman–Crippen LogP) is 5.96. The summed E-state index contributed by atoms with van der Waals surface area (Å²) in [4.78, 5) is 20.2. The minimum Gasteiger partial charge on any atom is -0.492 e. The summed E-state index contributed by atoms with van der Waals surface area (Å²) < 4.78 is 13.0. The second-order valence-electron chi connectivity index (χ2n) is 5.61. The van der Waals surface area contributed by atoms with E-state index >= 15 is 0 Å². The van der Waals surface area contributed by atoms with Crippen molar-refractivity contribution in [1.82, 2.24) is 4.98 Å². The van der Waals surface area contributed by atoms with Gasteiger partial charge in [0.25, 0.3) is 5.91 Å². The third-order valence-corrected chi connectivity index (χ3v) is 6.48. The second kappa shape index (κ2) is 7.84. The van der Waals surface area contributed by atoms with Crippen molar-refractivity contribution in [3.05, 3.63) is 63.2 Å². The van der Waals surface area contributed by atoms with Crippen molar-refractivity contribution in [2.45, 2.75) is 13.5 Å². The van der Waals surface area contributed by atoms with Crippen LogP contribution in [-0.4, -0.2) is 17.5 Å². The molecule has 1 amide bonds. The molecule has 0 atom stereocenters. The first kappa shape index (κ1) is 18.2. The molecule has 5 nitrogen and oxygen atoms in total. The molecule has 0 aliphatic carbocycles. The van der Waals surface area contributed by atoms with E-state index in [4.69, 9.17) is 14.1 Å². The number of ether oxygens (including phenoxy) is 1. The Bertz CT molecular complexity index is 1070. The van der Waals surface area contributed by atoms with E-state index < -0.39 is 0 Å². The smallest absolute Gasteiger partial charge is 0.270 e. The Balaban J connectivity index is 1.77. The van der Waals surface area contributed by atoms with Gasteiger partial charge in [-0.3, -0.25) is 9.69 Å². The number of halogens is 1. The van der Waals surface area contributed by atoms with Crippen molar-refractivity contribution < 1.29 is 13.9 Å². The van der Waals surface area contributed by atoms with Gasteiger partial charge in [0, 0.05) is 0 Å². The van der Waals surface area contributed by atoms with E-state index in [9.17, 15) is 4.79 Å². The Morgan fingerprint density at radius 2 is 2.11 bits per heavy atom. The minimum absolute atomic E-state index is 0.112. The summed E-state index contributed by atoms with van der Waals surface area (Å²) in [6.45, 7) is 2.81. The third-order valence-electron chi connectivity index (χ3n) is 3.82. The highest BCUT2D eigenvalue weighted by molar-refractivity contribution is 9.11. The van der Waals surface area contributed by atoms with Gasteiger partial charge in [-0.15, -0.1) is 11.3 Å². The van der Waals surface area contributed by atoms with E-state index in [0.717, 1.165) is 19.8 Å². The topological polar surface area (TPSA) is 55.6 Å². The maximum Gasteiger partial charge on any atom is 0.270 e. The number of hydrogen-bond donors (Lipinski definition) is 0. The lowest BCUT2D eigenvalue weighted by Crippen LogP contribution is -2.29. The molecule has 3 heterocycles. The average molecular weight is 463 g/mol. The molecule has 0 radical (unpaired) electrons. The summed E-state index contributed by atoms with van der Waals surface area (Å²) in [6, 6.07) is 13.2. The fourth-order valence-corrected chi connectivity index (χ4v) is 4.96. The number of thiophene rings is 1. The number of hydrogen-bond acceptors (Lipinski definition) is 6. The molecule has 0 unspecified atom stereocenters. The Morgan fingerprint density at radius 1 is 1.22 bits per heavy atom. The minimum atomic E-state index is -0.112. The first-order valence-electron chi connectivity index (χ1n) is 8.27. The standard InChI is InChI=1S/C19H15BrN2O3S2/c1-2-24-13-6-3-7-14-17(13)21-19(27-14)22(11-12-5-4-10-25-12)18(23)15-8-9-16(20)26-15/h3-10H,2,11H2,1H3. The van der Waals surface area contributed by atoms with Gasteiger partial charge in [0.15, 0.2) is 5.13 Å². The lowest BCUT2D eigenvalue weighted by Gasteiger charge is -2.17. The van der Waals surface area contributed by atoms with Crippen molar-refractivity contribution in [3.63, 3.8) is 0 Å². The number of benzene rings is 1. The summed E-state index contributed by atoms with van der Waals surface area (Å²) in [7, 11) is 0. The number of anilines is 1. The average Bonchev–Trinajstić information content (AvgIpc) is 3.40. The van der Waals surface area contributed by atoms with E-state index in [1.807, 2.05) is 49.4 Å². The van der Waals surface area contributed by atoms with Crippen molar-refractivity contribution in [1.29, 1.82) is 0 Å². The summed E-state index contributed by atoms with van der Waals surface area (Å²) in [6.07, 6.45) is 1.60. The number of nitrogens with zero attached hydrogens (tertiary/aromatic N) is 2. The van der Waals surface area contributed by atoms with Crippen LogP contribution in [0.25, 0.3) is 10.2 Å². The quantitative estimate of drug-likeness (QED) is 0.354. The molecule has 0 fully saturated rings. The molecule has 4 rings (SSSR count). The Hall–Kier alpha value is -2.16.